The lowest BCUT2D eigenvalue weighted by Gasteiger charge is -2.28. The van der Waals surface area contributed by atoms with E-state index in [4.69, 9.17) is 0 Å². The Kier molecular flexibility index (Phi) is 3.31. The molecule has 4 heteroatoms. The highest BCUT2D eigenvalue weighted by Crippen LogP contribution is 2.36. The number of hydrogen-bond acceptors (Lipinski definition) is 3. The molecule has 2 unspecified atom stereocenters. The Bertz CT molecular complexity index is 463. The van der Waals surface area contributed by atoms with Crippen LogP contribution >= 0.6 is 11.8 Å². The summed E-state index contributed by atoms with van der Waals surface area (Å²) in [6.07, 6.45) is 2.04. The molecule has 1 amide bonds. The number of fused-ring (bicyclic) bond motifs is 1. The van der Waals surface area contributed by atoms with Gasteiger partial charge in [-0.05, 0) is 30.2 Å². The van der Waals surface area contributed by atoms with E-state index >= 15 is 0 Å². The van der Waals surface area contributed by atoms with Gasteiger partial charge in [-0.15, -0.1) is 11.8 Å². The number of thioether (sulfide) groups is 1. The molecular formula is C14H18N2OS. The maximum atomic E-state index is 11.9. The quantitative estimate of drug-likeness (QED) is 0.885. The van der Waals surface area contributed by atoms with Gasteiger partial charge >= 0.3 is 0 Å². The van der Waals surface area contributed by atoms with Crippen LogP contribution in [-0.4, -0.2) is 36.2 Å². The molecule has 0 aromatic heterocycles. The summed E-state index contributed by atoms with van der Waals surface area (Å²) in [4.78, 5) is 15.1. The molecule has 96 valence electrons. The number of carbonyl (C=O) groups excluding carboxylic acids is 1. The maximum Gasteiger partial charge on any atom is 0.239 e. The van der Waals surface area contributed by atoms with E-state index in [1.165, 1.54) is 10.5 Å². The summed E-state index contributed by atoms with van der Waals surface area (Å²) in [6.45, 7) is 0.875. The molecule has 1 saturated heterocycles. The van der Waals surface area contributed by atoms with Crippen LogP contribution in [0.3, 0.4) is 0 Å². The highest BCUT2D eigenvalue weighted by molar-refractivity contribution is 7.99. The number of likely N-dealkylation sites (N-methyl/N-ethyl adjacent to an activating group) is 1. The largest absolute Gasteiger partial charge is 0.344 e. The zero-order valence-electron chi connectivity index (χ0n) is 10.6. The summed E-state index contributed by atoms with van der Waals surface area (Å²) in [5, 5.41) is 3.55. The highest BCUT2D eigenvalue weighted by atomic mass is 32.2. The van der Waals surface area contributed by atoms with Gasteiger partial charge in [-0.2, -0.15) is 0 Å². The van der Waals surface area contributed by atoms with Crippen LogP contribution in [0.4, 0.5) is 0 Å². The van der Waals surface area contributed by atoms with Crippen molar-refractivity contribution in [2.24, 2.45) is 0 Å². The zero-order valence-corrected chi connectivity index (χ0v) is 11.4. The van der Waals surface area contributed by atoms with Gasteiger partial charge in [-0.1, -0.05) is 18.2 Å². The number of hydrogen-bond donors (Lipinski definition) is 1. The third-order valence-corrected chi connectivity index (χ3v) is 4.91. The fourth-order valence-electron chi connectivity index (χ4n) is 2.74. The SMILES string of the molecule is CN1CCC(NC2CCSc3ccccc32)C1=O. The molecule has 0 saturated carbocycles. The molecule has 18 heavy (non-hydrogen) atoms. The highest BCUT2D eigenvalue weighted by Gasteiger charge is 2.32. The molecule has 0 radical (unpaired) electrons. The molecule has 1 N–H and O–H groups in total. The topological polar surface area (TPSA) is 32.3 Å². The molecule has 2 atom stereocenters. The van der Waals surface area contributed by atoms with Crippen LogP contribution < -0.4 is 5.32 Å². The first-order chi connectivity index (χ1) is 8.75. The summed E-state index contributed by atoms with van der Waals surface area (Å²) in [5.74, 6) is 1.37. The van der Waals surface area contributed by atoms with Crippen molar-refractivity contribution in [1.29, 1.82) is 0 Å². The molecule has 0 aliphatic carbocycles. The Labute approximate surface area is 112 Å². The lowest BCUT2D eigenvalue weighted by Crippen LogP contribution is -2.40. The molecule has 3 rings (SSSR count). The van der Waals surface area contributed by atoms with Crippen molar-refractivity contribution in [3.63, 3.8) is 0 Å². The molecule has 2 aliphatic rings. The van der Waals surface area contributed by atoms with Crippen molar-refractivity contribution in [2.45, 2.75) is 29.8 Å². The number of benzene rings is 1. The van der Waals surface area contributed by atoms with Crippen LogP contribution in [0.2, 0.25) is 0 Å². The van der Waals surface area contributed by atoms with Gasteiger partial charge in [0.05, 0.1) is 6.04 Å². The average Bonchev–Trinajstić information content (AvgIpc) is 2.71. The first-order valence-electron chi connectivity index (χ1n) is 6.48. The molecule has 1 aromatic carbocycles. The van der Waals surface area contributed by atoms with Gasteiger partial charge in [0.2, 0.25) is 5.91 Å². The van der Waals surface area contributed by atoms with E-state index < -0.39 is 0 Å². The summed E-state index contributed by atoms with van der Waals surface area (Å²) in [6, 6.07) is 8.88. The standard InChI is InChI=1S/C14H18N2OS/c1-16-8-6-12(14(16)17)15-11-7-9-18-13-5-3-2-4-10(11)13/h2-5,11-12,15H,6-9H2,1H3. The number of nitrogens with zero attached hydrogens (tertiary/aromatic N) is 1. The number of amides is 1. The van der Waals surface area contributed by atoms with Crippen LogP contribution in [0, 0.1) is 0 Å². The third kappa shape index (κ3) is 2.15. The van der Waals surface area contributed by atoms with Crippen molar-refractivity contribution in [3.8, 4) is 0 Å². The first kappa shape index (κ1) is 12.1. The number of nitrogens with one attached hydrogen (secondary N) is 1. The molecular weight excluding hydrogens is 244 g/mol. The summed E-state index contributed by atoms with van der Waals surface area (Å²) >= 11 is 1.92. The second kappa shape index (κ2) is 4.94. The molecule has 2 heterocycles. The second-order valence-corrected chi connectivity index (χ2v) is 6.13. The predicted molar refractivity (Wildman–Crippen MR) is 73.7 cm³/mol. The molecule has 0 spiro atoms. The summed E-state index contributed by atoms with van der Waals surface area (Å²) < 4.78 is 0. The molecule has 1 aromatic rings. The minimum Gasteiger partial charge on any atom is -0.344 e. The van der Waals surface area contributed by atoms with Gasteiger partial charge in [0.15, 0.2) is 0 Å². The molecule has 1 fully saturated rings. The minimum absolute atomic E-state index is 0.0103. The van der Waals surface area contributed by atoms with E-state index in [9.17, 15) is 4.79 Å². The normalized spacial score (nSPS) is 27.4. The van der Waals surface area contributed by atoms with Crippen LogP contribution in [0.1, 0.15) is 24.4 Å². The first-order valence-corrected chi connectivity index (χ1v) is 7.47. The van der Waals surface area contributed by atoms with Crippen molar-refractivity contribution in [1.82, 2.24) is 10.2 Å². The van der Waals surface area contributed by atoms with Crippen LogP contribution in [0.25, 0.3) is 0 Å². The van der Waals surface area contributed by atoms with Gasteiger partial charge in [0.25, 0.3) is 0 Å². The minimum atomic E-state index is 0.0103. The summed E-state index contributed by atoms with van der Waals surface area (Å²) in [7, 11) is 1.88. The molecule has 2 aliphatic heterocycles. The summed E-state index contributed by atoms with van der Waals surface area (Å²) in [5.41, 5.74) is 1.36. The fraction of sp³-hybridized carbons (Fsp3) is 0.500. The van der Waals surface area contributed by atoms with E-state index in [-0.39, 0.29) is 11.9 Å². The second-order valence-electron chi connectivity index (χ2n) is 5.00. The van der Waals surface area contributed by atoms with Crippen LogP contribution in [-0.2, 0) is 4.79 Å². The lowest BCUT2D eigenvalue weighted by molar-refractivity contribution is -0.128. The Balaban J connectivity index is 1.77. The Hall–Kier alpha value is -1.00. The Morgan fingerprint density at radius 1 is 1.28 bits per heavy atom. The van der Waals surface area contributed by atoms with Crippen molar-refractivity contribution in [2.75, 3.05) is 19.3 Å². The Morgan fingerprint density at radius 2 is 2.11 bits per heavy atom. The maximum absolute atomic E-state index is 11.9. The van der Waals surface area contributed by atoms with E-state index in [1.54, 1.807) is 0 Å². The molecule has 3 nitrogen and oxygen atoms in total. The van der Waals surface area contributed by atoms with Crippen molar-refractivity contribution in [3.05, 3.63) is 29.8 Å². The van der Waals surface area contributed by atoms with Gasteiger partial charge in [-0.25, -0.2) is 0 Å². The number of carbonyl (C=O) groups is 1. The van der Waals surface area contributed by atoms with E-state index in [0.717, 1.165) is 25.1 Å². The monoisotopic (exact) mass is 262 g/mol. The van der Waals surface area contributed by atoms with Gasteiger partial charge in [0, 0.05) is 24.5 Å². The predicted octanol–water partition coefficient (Wildman–Crippen LogP) is 2.04. The van der Waals surface area contributed by atoms with Crippen LogP contribution in [0.5, 0.6) is 0 Å². The smallest absolute Gasteiger partial charge is 0.239 e. The van der Waals surface area contributed by atoms with Gasteiger partial charge < -0.3 is 4.90 Å². The Morgan fingerprint density at radius 3 is 2.89 bits per heavy atom. The van der Waals surface area contributed by atoms with E-state index in [0.29, 0.717) is 6.04 Å². The van der Waals surface area contributed by atoms with Crippen molar-refractivity contribution >= 4 is 17.7 Å². The third-order valence-electron chi connectivity index (χ3n) is 3.79. The lowest BCUT2D eigenvalue weighted by atomic mass is 10.0. The van der Waals surface area contributed by atoms with Crippen molar-refractivity contribution < 1.29 is 4.79 Å². The van der Waals surface area contributed by atoms with Crippen LogP contribution in [0.15, 0.2) is 29.2 Å². The van der Waals surface area contributed by atoms with Gasteiger partial charge in [0.1, 0.15) is 0 Å². The number of rotatable bonds is 2. The average molecular weight is 262 g/mol. The number of likely N-dealkylation sites (tertiary alicyclic amines) is 1. The zero-order chi connectivity index (χ0) is 12.5. The molecule has 0 bridgehead atoms. The van der Waals surface area contributed by atoms with E-state index in [1.807, 2.05) is 23.7 Å². The van der Waals surface area contributed by atoms with E-state index in [2.05, 4.69) is 29.6 Å². The van der Waals surface area contributed by atoms with Gasteiger partial charge in [-0.3, -0.25) is 10.1 Å². The fourth-order valence-corrected chi connectivity index (χ4v) is 3.86.